The Labute approximate surface area is 210 Å². The number of nitrogens with zero attached hydrogens (tertiary/aromatic N) is 1. The summed E-state index contributed by atoms with van der Waals surface area (Å²) in [6.07, 6.45) is -0.619. The smallest absolute Gasteiger partial charge is 0.338 e. The van der Waals surface area contributed by atoms with E-state index >= 15 is 0 Å². The summed E-state index contributed by atoms with van der Waals surface area (Å²) < 4.78 is 12.7. The molecule has 0 aliphatic heterocycles. The summed E-state index contributed by atoms with van der Waals surface area (Å²) in [6.45, 7) is 10.2. The van der Waals surface area contributed by atoms with Gasteiger partial charge in [0.15, 0.2) is 12.9 Å². The van der Waals surface area contributed by atoms with Crippen molar-refractivity contribution < 1.29 is 28.7 Å². The van der Waals surface area contributed by atoms with Gasteiger partial charge in [0.2, 0.25) is 11.8 Å². The van der Waals surface area contributed by atoms with E-state index in [-0.39, 0.29) is 5.91 Å². The van der Waals surface area contributed by atoms with Gasteiger partial charge in [0, 0.05) is 31.0 Å². The van der Waals surface area contributed by atoms with E-state index in [0.29, 0.717) is 26.3 Å². The highest BCUT2D eigenvalue weighted by Crippen LogP contribution is 2.28. The molecule has 1 aromatic heterocycles. The summed E-state index contributed by atoms with van der Waals surface area (Å²) in [5, 5.41) is 8.23. The number of nitrogens with one attached hydrogen (secondary N) is 3. The molecule has 0 saturated heterocycles. The SMILES string of the molecule is CCNC(=O)NOCC(=O)N[C@@H](C)C(=O)N(Cc1csc2ccccc12)[C@@H](C)C(OCC)OCC. The van der Waals surface area contributed by atoms with Gasteiger partial charge in [-0.05, 0) is 57.0 Å². The lowest BCUT2D eigenvalue weighted by atomic mass is 10.1. The number of benzene rings is 1. The van der Waals surface area contributed by atoms with Crippen LogP contribution in [0.3, 0.4) is 0 Å². The number of ether oxygens (including phenoxy) is 2. The molecule has 2 atom stereocenters. The maximum atomic E-state index is 13.5. The van der Waals surface area contributed by atoms with E-state index in [4.69, 9.17) is 14.3 Å². The Morgan fingerprint density at radius 3 is 2.40 bits per heavy atom. The van der Waals surface area contributed by atoms with E-state index in [0.717, 1.165) is 15.6 Å². The van der Waals surface area contributed by atoms with Gasteiger partial charge in [-0.1, -0.05) is 18.2 Å². The predicted octanol–water partition coefficient (Wildman–Crippen LogP) is 2.77. The Balaban J connectivity index is 2.15. The number of thiophene rings is 1. The van der Waals surface area contributed by atoms with Crippen molar-refractivity contribution in [3.8, 4) is 0 Å². The fourth-order valence-corrected chi connectivity index (χ4v) is 4.47. The third-order valence-corrected chi connectivity index (χ3v) is 6.20. The molecular formula is C24H36N4O6S. The van der Waals surface area contributed by atoms with Gasteiger partial charge in [-0.3, -0.25) is 14.4 Å². The molecule has 2 aromatic rings. The highest BCUT2D eigenvalue weighted by molar-refractivity contribution is 7.17. The van der Waals surface area contributed by atoms with Crippen LogP contribution in [0, 0.1) is 0 Å². The number of urea groups is 1. The third kappa shape index (κ3) is 8.46. The van der Waals surface area contributed by atoms with Crippen LogP contribution in [0.1, 0.15) is 40.2 Å². The first-order valence-corrected chi connectivity index (χ1v) is 12.6. The predicted molar refractivity (Wildman–Crippen MR) is 135 cm³/mol. The molecule has 3 N–H and O–H groups in total. The third-order valence-electron chi connectivity index (χ3n) is 5.19. The maximum Gasteiger partial charge on any atom is 0.338 e. The van der Waals surface area contributed by atoms with Crippen LogP contribution < -0.4 is 16.1 Å². The fraction of sp³-hybridized carbons (Fsp3) is 0.542. The Kier molecular flexibility index (Phi) is 11.9. The van der Waals surface area contributed by atoms with E-state index in [1.165, 1.54) is 0 Å². The summed E-state index contributed by atoms with van der Waals surface area (Å²) in [4.78, 5) is 43.8. The minimum atomic E-state index is -0.841. The number of fused-ring (bicyclic) bond motifs is 1. The largest absolute Gasteiger partial charge is 0.351 e. The molecule has 4 amide bonds. The topological polar surface area (TPSA) is 118 Å². The van der Waals surface area contributed by atoms with Crippen LogP contribution in [0.25, 0.3) is 10.1 Å². The molecule has 35 heavy (non-hydrogen) atoms. The highest BCUT2D eigenvalue weighted by atomic mass is 32.1. The molecule has 1 aromatic carbocycles. The van der Waals surface area contributed by atoms with Crippen molar-refractivity contribution in [1.29, 1.82) is 0 Å². The van der Waals surface area contributed by atoms with Crippen LogP contribution in [-0.4, -0.2) is 67.5 Å². The molecule has 0 unspecified atom stereocenters. The number of hydrogen-bond donors (Lipinski definition) is 3. The molecule has 0 saturated carbocycles. The second-order valence-electron chi connectivity index (χ2n) is 7.78. The van der Waals surface area contributed by atoms with Gasteiger partial charge in [-0.25, -0.2) is 10.3 Å². The van der Waals surface area contributed by atoms with Crippen molar-refractivity contribution in [1.82, 2.24) is 21.0 Å². The molecule has 0 spiro atoms. The van der Waals surface area contributed by atoms with Gasteiger partial charge in [0.05, 0.1) is 6.04 Å². The maximum absolute atomic E-state index is 13.5. The van der Waals surface area contributed by atoms with Crippen molar-refractivity contribution in [2.75, 3.05) is 26.4 Å². The van der Waals surface area contributed by atoms with Gasteiger partial charge in [-0.15, -0.1) is 11.3 Å². The van der Waals surface area contributed by atoms with Gasteiger partial charge in [-0.2, -0.15) is 0 Å². The monoisotopic (exact) mass is 508 g/mol. The second-order valence-corrected chi connectivity index (χ2v) is 8.69. The summed E-state index contributed by atoms with van der Waals surface area (Å²) in [7, 11) is 0. The highest BCUT2D eigenvalue weighted by Gasteiger charge is 2.32. The fourth-order valence-electron chi connectivity index (χ4n) is 3.52. The van der Waals surface area contributed by atoms with Crippen LogP contribution in [0.2, 0.25) is 0 Å². The quantitative estimate of drug-likeness (QED) is 0.267. The zero-order valence-corrected chi connectivity index (χ0v) is 21.8. The van der Waals surface area contributed by atoms with Crippen molar-refractivity contribution in [3.63, 3.8) is 0 Å². The number of carbonyl (C=O) groups excluding carboxylic acids is 3. The van der Waals surface area contributed by atoms with Crippen molar-refractivity contribution in [2.24, 2.45) is 0 Å². The molecule has 0 fully saturated rings. The minimum absolute atomic E-state index is 0.290. The van der Waals surface area contributed by atoms with Crippen LogP contribution >= 0.6 is 11.3 Å². The Morgan fingerprint density at radius 2 is 1.74 bits per heavy atom. The molecular weight excluding hydrogens is 472 g/mol. The van der Waals surface area contributed by atoms with Crippen LogP contribution in [-0.2, 0) is 30.4 Å². The van der Waals surface area contributed by atoms with Crippen molar-refractivity contribution in [2.45, 2.75) is 59.5 Å². The lowest BCUT2D eigenvalue weighted by Crippen LogP contribution is -2.54. The van der Waals surface area contributed by atoms with E-state index in [1.54, 1.807) is 30.1 Å². The summed E-state index contributed by atoms with van der Waals surface area (Å²) in [5.74, 6) is -0.829. The van der Waals surface area contributed by atoms with Crippen LogP contribution in [0.5, 0.6) is 0 Å². The number of carbonyl (C=O) groups is 3. The second kappa shape index (κ2) is 14.6. The molecule has 2 rings (SSSR count). The van der Waals surface area contributed by atoms with E-state index < -0.39 is 36.9 Å². The first kappa shape index (κ1) is 28.5. The van der Waals surface area contributed by atoms with E-state index in [2.05, 4.69) is 16.1 Å². The summed E-state index contributed by atoms with van der Waals surface area (Å²) >= 11 is 1.62. The van der Waals surface area contributed by atoms with Crippen LogP contribution in [0.4, 0.5) is 4.79 Å². The normalized spacial score (nSPS) is 12.9. The molecule has 0 aliphatic carbocycles. The summed E-state index contributed by atoms with van der Waals surface area (Å²) in [5.41, 5.74) is 3.11. The zero-order valence-electron chi connectivity index (χ0n) is 21.0. The molecule has 0 aliphatic rings. The average Bonchev–Trinajstić information content (AvgIpc) is 3.24. The number of amides is 4. The molecule has 1 heterocycles. The van der Waals surface area contributed by atoms with Gasteiger partial charge < -0.3 is 25.0 Å². The van der Waals surface area contributed by atoms with Gasteiger partial charge >= 0.3 is 6.03 Å². The summed E-state index contributed by atoms with van der Waals surface area (Å²) in [6, 6.07) is 6.21. The number of hydroxylamine groups is 1. The molecule has 194 valence electrons. The Hall–Kier alpha value is -2.73. The Bertz CT molecular complexity index is 962. The first-order chi connectivity index (χ1) is 16.8. The van der Waals surface area contributed by atoms with Crippen molar-refractivity contribution >= 4 is 39.3 Å². The van der Waals surface area contributed by atoms with Gasteiger partial charge in [0.1, 0.15) is 6.04 Å². The average molecular weight is 509 g/mol. The minimum Gasteiger partial charge on any atom is -0.351 e. The Morgan fingerprint density at radius 1 is 1.06 bits per heavy atom. The molecule has 0 radical (unpaired) electrons. The van der Waals surface area contributed by atoms with Gasteiger partial charge in [0.25, 0.3) is 0 Å². The molecule has 11 heteroatoms. The number of rotatable bonds is 14. The first-order valence-electron chi connectivity index (χ1n) is 11.8. The van der Waals surface area contributed by atoms with Crippen molar-refractivity contribution in [3.05, 3.63) is 35.2 Å². The molecule has 10 nitrogen and oxygen atoms in total. The van der Waals surface area contributed by atoms with Crippen LogP contribution in [0.15, 0.2) is 29.6 Å². The van der Waals surface area contributed by atoms with E-state index in [9.17, 15) is 14.4 Å². The lowest BCUT2D eigenvalue weighted by Gasteiger charge is -2.35. The number of hydrogen-bond acceptors (Lipinski definition) is 7. The zero-order chi connectivity index (χ0) is 25.8. The molecule has 0 bridgehead atoms. The van der Waals surface area contributed by atoms with E-state index in [1.807, 2.05) is 50.4 Å². The standard InChI is InChI=1S/C24H36N4O6S/c1-6-25-24(31)27-34-14-21(29)26-16(4)22(30)28(17(5)23(32-7-2)33-8-3)13-18-15-35-20-12-10-9-11-19(18)20/h9-12,15-17,23H,6-8,13-14H2,1-5H3,(H,26,29)(H2,25,27,31)/t16-,17-/m0/s1. The lowest BCUT2D eigenvalue weighted by molar-refractivity contribution is -0.179.